The molecule has 5 nitrogen and oxygen atoms in total. The number of hydrogen-bond donors (Lipinski definition) is 1. The van der Waals surface area contributed by atoms with E-state index in [1.807, 2.05) is 6.07 Å². The Balaban J connectivity index is 2.85. The summed E-state index contributed by atoms with van der Waals surface area (Å²) >= 11 is 0. The molecule has 0 aliphatic rings. The third-order valence-corrected chi connectivity index (χ3v) is 3.23. The number of nitro benzene ring substituents is 1. The minimum absolute atomic E-state index is 0.103. The van der Waals surface area contributed by atoms with Gasteiger partial charge in [-0.1, -0.05) is 33.1 Å². The summed E-state index contributed by atoms with van der Waals surface area (Å²) in [5.41, 5.74) is 0.742. The second kappa shape index (κ2) is 8.16. The molecule has 0 radical (unpaired) electrons. The van der Waals surface area contributed by atoms with Crippen LogP contribution < -0.4 is 5.32 Å². The molecule has 0 aliphatic carbocycles. The molecule has 0 fully saturated rings. The van der Waals surface area contributed by atoms with E-state index in [9.17, 15) is 10.1 Å². The van der Waals surface area contributed by atoms with Crippen LogP contribution in [0.1, 0.15) is 51.5 Å². The fraction of sp³-hybridized carbons (Fsp3) is 0.533. The Morgan fingerprint density at radius 2 is 2.10 bits per heavy atom. The van der Waals surface area contributed by atoms with Gasteiger partial charge in [0.2, 0.25) is 0 Å². The van der Waals surface area contributed by atoms with Crippen molar-refractivity contribution in [3.05, 3.63) is 33.9 Å². The summed E-state index contributed by atoms with van der Waals surface area (Å²) < 4.78 is 0. The van der Waals surface area contributed by atoms with E-state index in [2.05, 4.69) is 19.2 Å². The van der Waals surface area contributed by atoms with Crippen LogP contribution in [0.5, 0.6) is 0 Å². The molecule has 0 spiro atoms. The molecule has 20 heavy (non-hydrogen) atoms. The maximum absolute atomic E-state index is 10.8. The van der Waals surface area contributed by atoms with Crippen molar-refractivity contribution in [1.82, 2.24) is 0 Å². The van der Waals surface area contributed by atoms with E-state index >= 15 is 0 Å². The first-order valence-corrected chi connectivity index (χ1v) is 7.07. The number of unbranched alkanes of at least 4 members (excludes halogenated alkanes) is 1. The summed E-state index contributed by atoms with van der Waals surface area (Å²) in [4.78, 5) is 10.3. The van der Waals surface area contributed by atoms with Crippen molar-refractivity contribution in [1.29, 1.82) is 5.26 Å². The summed E-state index contributed by atoms with van der Waals surface area (Å²) in [6, 6.07) is 6.87. The van der Waals surface area contributed by atoms with Crippen LogP contribution in [0.2, 0.25) is 0 Å². The number of nitro groups is 1. The first-order chi connectivity index (χ1) is 9.62. The number of nitrogens with zero attached hydrogens (tertiary/aromatic N) is 2. The van der Waals surface area contributed by atoms with Crippen molar-refractivity contribution >= 4 is 11.4 Å². The van der Waals surface area contributed by atoms with E-state index in [1.165, 1.54) is 6.07 Å². The van der Waals surface area contributed by atoms with Crippen molar-refractivity contribution in [2.45, 2.75) is 52.0 Å². The van der Waals surface area contributed by atoms with E-state index in [0.29, 0.717) is 6.04 Å². The molecule has 0 aliphatic heterocycles. The molecule has 5 heteroatoms. The minimum atomic E-state index is -0.525. The van der Waals surface area contributed by atoms with E-state index in [0.717, 1.165) is 37.8 Å². The highest BCUT2D eigenvalue weighted by atomic mass is 16.6. The van der Waals surface area contributed by atoms with Crippen LogP contribution in [0.3, 0.4) is 0 Å². The minimum Gasteiger partial charge on any atom is -0.382 e. The predicted octanol–water partition coefficient (Wildman–Crippen LogP) is 4.24. The second-order valence-electron chi connectivity index (χ2n) is 4.87. The SMILES string of the molecule is CCCCC(CCC)Nc1ccc([N+](=O)[O-])c(C#N)c1. The molecule has 1 aromatic carbocycles. The fourth-order valence-corrected chi connectivity index (χ4v) is 2.20. The van der Waals surface area contributed by atoms with Gasteiger partial charge in [-0.25, -0.2) is 0 Å². The molecule has 0 saturated carbocycles. The monoisotopic (exact) mass is 275 g/mol. The summed E-state index contributed by atoms with van der Waals surface area (Å²) in [6.07, 6.45) is 5.50. The van der Waals surface area contributed by atoms with Gasteiger partial charge in [-0.3, -0.25) is 10.1 Å². The van der Waals surface area contributed by atoms with E-state index < -0.39 is 4.92 Å². The van der Waals surface area contributed by atoms with Gasteiger partial charge in [0, 0.05) is 17.8 Å². The Kier molecular flexibility index (Phi) is 6.51. The van der Waals surface area contributed by atoms with Gasteiger partial charge < -0.3 is 5.32 Å². The molecule has 1 rings (SSSR count). The molecule has 0 aromatic heterocycles. The van der Waals surface area contributed by atoms with Crippen molar-refractivity contribution in [2.24, 2.45) is 0 Å². The third-order valence-electron chi connectivity index (χ3n) is 3.23. The lowest BCUT2D eigenvalue weighted by Gasteiger charge is -2.19. The van der Waals surface area contributed by atoms with Gasteiger partial charge in [0.05, 0.1) is 4.92 Å². The first kappa shape index (κ1) is 16.0. The highest BCUT2D eigenvalue weighted by molar-refractivity contribution is 5.58. The number of anilines is 1. The highest BCUT2D eigenvalue weighted by Crippen LogP contribution is 2.23. The molecule has 0 amide bonds. The maximum atomic E-state index is 10.8. The second-order valence-corrected chi connectivity index (χ2v) is 4.87. The molecule has 0 bridgehead atoms. The van der Waals surface area contributed by atoms with E-state index in [1.54, 1.807) is 12.1 Å². The number of rotatable bonds is 8. The Labute approximate surface area is 119 Å². The predicted molar refractivity (Wildman–Crippen MR) is 79.7 cm³/mol. The van der Waals surface area contributed by atoms with Crippen molar-refractivity contribution in [2.75, 3.05) is 5.32 Å². The quantitative estimate of drug-likeness (QED) is 0.568. The molecule has 0 heterocycles. The lowest BCUT2D eigenvalue weighted by atomic mass is 10.0. The van der Waals surface area contributed by atoms with Crippen molar-refractivity contribution in [3.8, 4) is 6.07 Å². The van der Waals surface area contributed by atoms with Crippen LogP contribution in [-0.2, 0) is 0 Å². The summed E-state index contributed by atoms with van der Waals surface area (Å²) in [5.74, 6) is 0. The molecule has 1 N–H and O–H groups in total. The molecule has 108 valence electrons. The largest absolute Gasteiger partial charge is 0.382 e. The van der Waals surface area contributed by atoms with E-state index in [4.69, 9.17) is 5.26 Å². The Morgan fingerprint density at radius 1 is 1.35 bits per heavy atom. The van der Waals surface area contributed by atoms with Crippen LogP contribution in [0.15, 0.2) is 18.2 Å². The molecule has 1 atom stereocenters. The number of nitriles is 1. The zero-order chi connectivity index (χ0) is 15.0. The summed E-state index contributed by atoms with van der Waals surface area (Å²) in [5, 5.41) is 23.2. The molecule has 1 aromatic rings. The molecule has 1 unspecified atom stereocenters. The first-order valence-electron chi connectivity index (χ1n) is 7.07. The van der Waals surface area contributed by atoms with Crippen LogP contribution in [0.4, 0.5) is 11.4 Å². The summed E-state index contributed by atoms with van der Waals surface area (Å²) in [6.45, 7) is 4.29. The number of benzene rings is 1. The third kappa shape index (κ3) is 4.54. The van der Waals surface area contributed by atoms with Crippen LogP contribution in [0.25, 0.3) is 0 Å². The van der Waals surface area contributed by atoms with Crippen LogP contribution in [-0.4, -0.2) is 11.0 Å². The zero-order valence-corrected chi connectivity index (χ0v) is 12.1. The van der Waals surface area contributed by atoms with Crippen LogP contribution in [0, 0.1) is 21.4 Å². The van der Waals surface area contributed by atoms with Gasteiger partial charge in [0.25, 0.3) is 5.69 Å². The average Bonchev–Trinajstić information content (AvgIpc) is 2.44. The molecule has 0 saturated heterocycles. The summed E-state index contributed by atoms with van der Waals surface area (Å²) in [7, 11) is 0. The lowest BCUT2D eigenvalue weighted by Crippen LogP contribution is -2.19. The van der Waals surface area contributed by atoms with Crippen LogP contribution >= 0.6 is 0 Å². The molecular formula is C15H21N3O2. The molecular weight excluding hydrogens is 254 g/mol. The van der Waals surface area contributed by atoms with Gasteiger partial charge in [-0.05, 0) is 25.0 Å². The normalized spacial score (nSPS) is 11.7. The smallest absolute Gasteiger partial charge is 0.287 e. The topological polar surface area (TPSA) is 79.0 Å². The standard InChI is InChI=1S/C15H21N3O2/c1-3-5-7-13(6-4-2)17-14-8-9-15(18(19)20)12(10-14)11-16/h8-10,13,17H,3-7H2,1-2H3. The number of nitrogens with one attached hydrogen (secondary N) is 1. The van der Waals surface area contributed by atoms with Gasteiger partial charge in [0.1, 0.15) is 11.6 Å². The Morgan fingerprint density at radius 3 is 2.65 bits per heavy atom. The average molecular weight is 275 g/mol. The van der Waals surface area contributed by atoms with Gasteiger partial charge in [-0.15, -0.1) is 0 Å². The lowest BCUT2D eigenvalue weighted by molar-refractivity contribution is -0.385. The van der Waals surface area contributed by atoms with Crippen molar-refractivity contribution in [3.63, 3.8) is 0 Å². The van der Waals surface area contributed by atoms with E-state index in [-0.39, 0.29) is 11.3 Å². The van der Waals surface area contributed by atoms with Gasteiger partial charge in [-0.2, -0.15) is 5.26 Å². The van der Waals surface area contributed by atoms with Crippen molar-refractivity contribution < 1.29 is 4.92 Å². The zero-order valence-electron chi connectivity index (χ0n) is 12.1. The fourth-order valence-electron chi connectivity index (χ4n) is 2.20. The van der Waals surface area contributed by atoms with Gasteiger partial charge in [0.15, 0.2) is 0 Å². The Hall–Kier alpha value is -2.09. The maximum Gasteiger partial charge on any atom is 0.287 e. The highest BCUT2D eigenvalue weighted by Gasteiger charge is 2.15. The number of hydrogen-bond acceptors (Lipinski definition) is 4. The van der Waals surface area contributed by atoms with Gasteiger partial charge >= 0.3 is 0 Å². The Bertz CT molecular complexity index is 494.